The molecule has 1 aliphatic rings. The van der Waals surface area contributed by atoms with Crippen molar-refractivity contribution in [1.29, 1.82) is 0 Å². The van der Waals surface area contributed by atoms with Crippen LogP contribution in [0.15, 0.2) is 23.0 Å². The van der Waals surface area contributed by atoms with Gasteiger partial charge < -0.3 is 4.74 Å². The molecule has 3 heteroatoms. The number of thiol groups is 1. The van der Waals surface area contributed by atoms with Crippen molar-refractivity contribution in [2.24, 2.45) is 0 Å². The van der Waals surface area contributed by atoms with Gasteiger partial charge in [0.05, 0.1) is 12.4 Å². The van der Waals surface area contributed by atoms with Gasteiger partial charge in [0.1, 0.15) is 0 Å². The maximum Gasteiger partial charge on any atom is 0.314 e. The highest BCUT2D eigenvalue weighted by Crippen LogP contribution is 2.32. The SMILES string of the molecule is CCOC(=O)C[SH]1C=CC=C1. The molecule has 0 saturated carbocycles. The summed E-state index contributed by atoms with van der Waals surface area (Å²) in [7, 11) is -0.332. The van der Waals surface area contributed by atoms with Crippen LogP contribution in [0.3, 0.4) is 0 Å². The van der Waals surface area contributed by atoms with Crippen molar-refractivity contribution in [3.8, 4) is 0 Å². The molecule has 0 amide bonds. The third-order valence-electron chi connectivity index (χ3n) is 1.28. The van der Waals surface area contributed by atoms with Crippen LogP contribution in [0.25, 0.3) is 0 Å². The fourth-order valence-corrected chi connectivity index (χ4v) is 2.17. The molecule has 2 nitrogen and oxygen atoms in total. The highest BCUT2D eigenvalue weighted by Gasteiger charge is 2.06. The molecule has 0 fully saturated rings. The maximum atomic E-state index is 10.9. The van der Waals surface area contributed by atoms with Gasteiger partial charge in [-0.3, -0.25) is 4.79 Å². The molecule has 0 unspecified atom stereocenters. The van der Waals surface area contributed by atoms with Gasteiger partial charge in [0.25, 0.3) is 0 Å². The van der Waals surface area contributed by atoms with E-state index in [1.54, 1.807) is 0 Å². The lowest BCUT2D eigenvalue weighted by Gasteiger charge is -2.07. The lowest BCUT2D eigenvalue weighted by atomic mass is 10.6. The fraction of sp³-hybridized carbons (Fsp3) is 0.375. The van der Waals surface area contributed by atoms with E-state index in [2.05, 4.69) is 10.8 Å². The molecule has 0 aromatic heterocycles. The predicted octanol–water partition coefficient (Wildman–Crippen LogP) is 1.59. The van der Waals surface area contributed by atoms with Gasteiger partial charge >= 0.3 is 5.97 Å². The largest absolute Gasteiger partial charge is 0.465 e. The molecule has 0 N–H and O–H groups in total. The van der Waals surface area contributed by atoms with Crippen LogP contribution < -0.4 is 0 Å². The Bertz CT molecular complexity index is 184. The number of rotatable bonds is 3. The summed E-state index contributed by atoms with van der Waals surface area (Å²) in [6.07, 6.45) is 3.95. The number of hydrogen-bond acceptors (Lipinski definition) is 2. The molecule has 11 heavy (non-hydrogen) atoms. The van der Waals surface area contributed by atoms with Gasteiger partial charge in [-0.2, -0.15) is 0 Å². The number of esters is 1. The Kier molecular flexibility index (Phi) is 3.23. The smallest absolute Gasteiger partial charge is 0.314 e. The minimum atomic E-state index is -0.332. The maximum absolute atomic E-state index is 10.9. The second-order valence-corrected chi connectivity index (χ2v) is 4.10. The van der Waals surface area contributed by atoms with Crippen molar-refractivity contribution < 1.29 is 9.53 Å². The van der Waals surface area contributed by atoms with Crippen LogP contribution in [0.5, 0.6) is 0 Å². The average molecular weight is 172 g/mol. The van der Waals surface area contributed by atoms with Gasteiger partial charge in [-0.15, -0.1) is 0 Å². The fourth-order valence-electron chi connectivity index (χ4n) is 0.831. The number of hydrogen-bond donors (Lipinski definition) is 1. The van der Waals surface area contributed by atoms with E-state index in [1.807, 2.05) is 19.1 Å². The van der Waals surface area contributed by atoms with Crippen LogP contribution >= 0.6 is 10.9 Å². The molecule has 0 bridgehead atoms. The molecular weight excluding hydrogens is 160 g/mol. The molecule has 0 aromatic carbocycles. The summed E-state index contributed by atoms with van der Waals surface area (Å²) in [5, 5.41) is 4.12. The van der Waals surface area contributed by atoms with E-state index in [-0.39, 0.29) is 16.9 Å². The standard InChI is InChI=1S/C8H12O2S/c1-2-10-8(9)7-11-5-3-4-6-11/h3-6,11H,2,7H2,1H3. The summed E-state index contributed by atoms with van der Waals surface area (Å²) in [6.45, 7) is 2.31. The van der Waals surface area contributed by atoms with Crippen molar-refractivity contribution in [1.82, 2.24) is 0 Å². The van der Waals surface area contributed by atoms with Crippen LogP contribution in [-0.2, 0) is 9.53 Å². The van der Waals surface area contributed by atoms with E-state index < -0.39 is 0 Å². The van der Waals surface area contributed by atoms with Gasteiger partial charge in [-0.25, -0.2) is 10.9 Å². The Morgan fingerprint density at radius 2 is 2.09 bits per heavy atom. The number of ether oxygens (including phenoxy) is 1. The lowest BCUT2D eigenvalue weighted by molar-refractivity contribution is -0.139. The molecule has 1 rings (SSSR count). The molecule has 62 valence electrons. The molecule has 1 heterocycles. The van der Waals surface area contributed by atoms with Crippen molar-refractivity contribution in [2.75, 3.05) is 12.4 Å². The molecule has 0 spiro atoms. The van der Waals surface area contributed by atoms with Gasteiger partial charge in [0.2, 0.25) is 0 Å². The Hall–Kier alpha value is -0.700. The van der Waals surface area contributed by atoms with Crippen LogP contribution in [-0.4, -0.2) is 18.3 Å². The van der Waals surface area contributed by atoms with Gasteiger partial charge in [-0.05, 0) is 17.7 Å². The summed E-state index contributed by atoms with van der Waals surface area (Å²) >= 11 is 0. The van der Waals surface area contributed by atoms with E-state index in [9.17, 15) is 4.79 Å². The van der Waals surface area contributed by atoms with Crippen molar-refractivity contribution in [2.45, 2.75) is 6.92 Å². The Morgan fingerprint density at radius 3 is 2.64 bits per heavy atom. The van der Waals surface area contributed by atoms with Crippen molar-refractivity contribution in [3.05, 3.63) is 23.0 Å². The summed E-state index contributed by atoms with van der Waals surface area (Å²) < 4.78 is 4.81. The van der Waals surface area contributed by atoms with Crippen LogP contribution in [0, 0.1) is 0 Å². The monoisotopic (exact) mass is 172 g/mol. The summed E-state index contributed by atoms with van der Waals surface area (Å²) in [5.74, 6) is 0.450. The highest BCUT2D eigenvalue weighted by molar-refractivity contribution is 8.22. The second-order valence-electron chi connectivity index (χ2n) is 2.16. The van der Waals surface area contributed by atoms with E-state index in [0.29, 0.717) is 12.4 Å². The number of allylic oxidation sites excluding steroid dienone is 2. The lowest BCUT2D eigenvalue weighted by Crippen LogP contribution is -2.07. The minimum Gasteiger partial charge on any atom is -0.465 e. The van der Waals surface area contributed by atoms with Crippen molar-refractivity contribution >= 4 is 16.9 Å². The number of carbonyl (C=O) groups excluding carboxylic acids is 1. The van der Waals surface area contributed by atoms with E-state index >= 15 is 0 Å². The normalized spacial score (nSPS) is 17.4. The highest BCUT2D eigenvalue weighted by atomic mass is 32.2. The molecule has 0 saturated heterocycles. The average Bonchev–Trinajstić information content (AvgIpc) is 2.40. The third-order valence-corrected chi connectivity index (χ3v) is 3.02. The minimum absolute atomic E-state index is 0.0881. The first-order chi connectivity index (χ1) is 5.33. The van der Waals surface area contributed by atoms with Gasteiger partial charge in [0.15, 0.2) is 0 Å². The second kappa shape index (κ2) is 4.23. The molecular formula is C8H12O2S. The first kappa shape index (κ1) is 8.40. The molecule has 0 aliphatic carbocycles. The zero-order valence-electron chi connectivity index (χ0n) is 6.49. The van der Waals surface area contributed by atoms with Crippen LogP contribution in [0.2, 0.25) is 0 Å². The first-order valence-corrected chi connectivity index (χ1v) is 5.26. The molecule has 0 atom stereocenters. The van der Waals surface area contributed by atoms with Crippen molar-refractivity contribution in [3.63, 3.8) is 0 Å². The van der Waals surface area contributed by atoms with Crippen LogP contribution in [0.4, 0.5) is 0 Å². The zero-order valence-corrected chi connectivity index (χ0v) is 7.38. The summed E-state index contributed by atoms with van der Waals surface area (Å²) in [6, 6.07) is 0. The molecule has 1 aliphatic heterocycles. The Morgan fingerprint density at radius 1 is 1.45 bits per heavy atom. The van der Waals surface area contributed by atoms with E-state index in [4.69, 9.17) is 4.74 Å². The third kappa shape index (κ3) is 2.80. The van der Waals surface area contributed by atoms with Gasteiger partial charge in [-0.1, -0.05) is 12.2 Å². The van der Waals surface area contributed by atoms with E-state index in [1.165, 1.54) is 0 Å². The zero-order chi connectivity index (χ0) is 8.10. The van der Waals surface area contributed by atoms with E-state index in [0.717, 1.165) is 0 Å². The summed E-state index contributed by atoms with van der Waals surface area (Å²) in [4.78, 5) is 10.9. The molecule has 0 radical (unpaired) electrons. The topological polar surface area (TPSA) is 26.3 Å². The Labute approximate surface area is 69.3 Å². The number of carbonyl (C=O) groups is 1. The molecule has 0 aromatic rings. The first-order valence-electron chi connectivity index (χ1n) is 3.59. The summed E-state index contributed by atoms with van der Waals surface area (Å²) in [5.41, 5.74) is 0. The van der Waals surface area contributed by atoms with Crippen LogP contribution in [0.1, 0.15) is 6.92 Å². The predicted molar refractivity (Wildman–Crippen MR) is 48.8 cm³/mol. The Balaban J connectivity index is 2.25. The quantitative estimate of drug-likeness (QED) is 0.517. The van der Waals surface area contributed by atoms with Gasteiger partial charge in [0, 0.05) is 0 Å².